The SMILES string of the molecule is [CH2]CC(CCCOCCCCCCCC)OCCCCCCCCC. The zero-order valence-electron chi connectivity index (χ0n) is 17.5. The van der Waals surface area contributed by atoms with Gasteiger partial charge in [-0.2, -0.15) is 0 Å². The Morgan fingerprint density at radius 3 is 1.64 bits per heavy atom. The minimum atomic E-state index is 0.331. The fraction of sp³-hybridized carbons (Fsp3) is 0.957. The first-order chi connectivity index (χ1) is 12.3. The Labute approximate surface area is 159 Å². The van der Waals surface area contributed by atoms with Gasteiger partial charge in [-0.3, -0.25) is 0 Å². The molecule has 1 unspecified atom stereocenters. The molecule has 2 nitrogen and oxygen atoms in total. The van der Waals surface area contributed by atoms with E-state index < -0.39 is 0 Å². The van der Waals surface area contributed by atoms with Gasteiger partial charge in [-0.25, -0.2) is 0 Å². The predicted molar refractivity (Wildman–Crippen MR) is 111 cm³/mol. The van der Waals surface area contributed by atoms with Gasteiger partial charge < -0.3 is 9.47 Å². The summed E-state index contributed by atoms with van der Waals surface area (Å²) < 4.78 is 11.7. The molecule has 0 aliphatic heterocycles. The lowest BCUT2D eigenvalue weighted by molar-refractivity contribution is 0.0364. The standard InChI is InChI=1S/C23H47O2/c1-4-7-9-11-13-15-17-22-25-23(6-3)19-18-21-24-20-16-14-12-10-8-5-2/h23H,3-22H2,1-2H3. The summed E-state index contributed by atoms with van der Waals surface area (Å²) in [5, 5.41) is 0. The van der Waals surface area contributed by atoms with Crippen molar-refractivity contribution < 1.29 is 9.47 Å². The van der Waals surface area contributed by atoms with Gasteiger partial charge in [0.1, 0.15) is 0 Å². The van der Waals surface area contributed by atoms with Crippen molar-refractivity contribution in [3.63, 3.8) is 0 Å². The molecule has 1 radical (unpaired) electrons. The Kier molecular flexibility index (Phi) is 21.9. The highest BCUT2D eigenvalue weighted by Crippen LogP contribution is 2.11. The van der Waals surface area contributed by atoms with Crippen LogP contribution in [0.1, 0.15) is 117 Å². The molecule has 0 amide bonds. The quantitative estimate of drug-likeness (QED) is 0.198. The van der Waals surface area contributed by atoms with E-state index in [1.54, 1.807) is 0 Å². The Bertz CT molecular complexity index is 230. The third kappa shape index (κ3) is 20.1. The Morgan fingerprint density at radius 2 is 1.08 bits per heavy atom. The monoisotopic (exact) mass is 355 g/mol. The normalized spacial score (nSPS) is 12.6. The number of unbranched alkanes of at least 4 members (excludes halogenated alkanes) is 11. The molecule has 0 aliphatic rings. The van der Waals surface area contributed by atoms with Crippen LogP contribution in [0, 0.1) is 6.92 Å². The smallest absolute Gasteiger partial charge is 0.0576 e. The number of hydrogen-bond donors (Lipinski definition) is 0. The summed E-state index contributed by atoms with van der Waals surface area (Å²) in [6, 6.07) is 0. The molecule has 0 bridgehead atoms. The van der Waals surface area contributed by atoms with Gasteiger partial charge in [0.2, 0.25) is 0 Å². The summed E-state index contributed by atoms with van der Waals surface area (Å²) in [6.45, 7) is 11.3. The third-order valence-corrected chi connectivity index (χ3v) is 4.88. The highest BCUT2D eigenvalue weighted by molar-refractivity contribution is 4.60. The van der Waals surface area contributed by atoms with Crippen molar-refractivity contribution in [2.24, 2.45) is 0 Å². The van der Waals surface area contributed by atoms with Crippen LogP contribution < -0.4 is 0 Å². The summed E-state index contributed by atoms with van der Waals surface area (Å²) in [5.74, 6) is 0. The molecule has 0 heterocycles. The van der Waals surface area contributed by atoms with Crippen LogP contribution in [0.3, 0.4) is 0 Å². The van der Waals surface area contributed by atoms with E-state index in [9.17, 15) is 0 Å². The molecule has 0 spiro atoms. The minimum absolute atomic E-state index is 0.331. The lowest BCUT2D eigenvalue weighted by Crippen LogP contribution is -2.14. The van der Waals surface area contributed by atoms with Gasteiger partial charge >= 0.3 is 0 Å². The van der Waals surface area contributed by atoms with E-state index in [0.717, 1.165) is 39.1 Å². The van der Waals surface area contributed by atoms with Gasteiger partial charge in [0.15, 0.2) is 0 Å². The van der Waals surface area contributed by atoms with Gasteiger partial charge in [-0.05, 0) is 32.1 Å². The van der Waals surface area contributed by atoms with E-state index in [4.69, 9.17) is 9.47 Å². The van der Waals surface area contributed by atoms with Gasteiger partial charge in [0, 0.05) is 19.8 Å². The number of rotatable bonds is 21. The van der Waals surface area contributed by atoms with E-state index >= 15 is 0 Å². The predicted octanol–water partition coefficient (Wildman–Crippen LogP) is 7.50. The average molecular weight is 356 g/mol. The molecule has 1 atom stereocenters. The molecule has 151 valence electrons. The van der Waals surface area contributed by atoms with Crippen LogP contribution in [-0.4, -0.2) is 25.9 Å². The molecule has 0 saturated carbocycles. The van der Waals surface area contributed by atoms with E-state index in [1.165, 1.54) is 83.5 Å². The fourth-order valence-corrected chi connectivity index (χ4v) is 3.12. The molecule has 0 aromatic heterocycles. The summed E-state index contributed by atoms with van der Waals surface area (Å²) in [6.07, 6.45) is 20.8. The Hall–Kier alpha value is -0.0800. The zero-order valence-corrected chi connectivity index (χ0v) is 17.5. The molecular formula is C23H47O2. The maximum Gasteiger partial charge on any atom is 0.0576 e. The maximum atomic E-state index is 5.98. The second kappa shape index (κ2) is 22.0. The first-order valence-corrected chi connectivity index (χ1v) is 11.3. The summed E-state index contributed by atoms with van der Waals surface area (Å²) in [7, 11) is 0. The van der Waals surface area contributed by atoms with Gasteiger partial charge in [-0.15, -0.1) is 0 Å². The molecule has 0 N–H and O–H groups in total. The molecular weight excluding hydrogens is 308 g/mol. The van der Waals surface area contributed by atoms with E-state index in [-0.39, 0.29) is 0 Å². The fourth-order valence-electron chi connectivity index (χ4n) is 3.12. The summed E-state index contributed by atoms with van der Waals surface area (Å²) in [5.41, 5.74) is 0. The molecule has 0 aromatic carbocycles. The maximum absolute atomic E-state index is 5.98. The lowest BCUT2D eigenvalue weighted by atomic mass is 10.1. The van der Waals surface area contributed by atoms with E-state index in [2.05, 4.69) is 20.8 Å². The molecule has 0 saturated heterocycles. The third-order valence-electron chi connectivity index (χ3n) is 4.88. The van der Waals surface area contributed by atoms with Crippen molar-refractivity contribution in [1.82, 2.24) is 0 Å². The van der Waals surface area contributed by atoms with Crippen LogP contribution in [0.5, 0.6) is 0 Å². The molecule has 25 heavy (non-hydrogen) atoms. The molecule has 0 rings (SSSR count). The second-order valence-electron chi connectivity index (χ2n) is 7.43. The van der Waals surface area contributed by atoms with Gasteiger partial charge in [0.25, 0.3) is 0 Å². The average Bonchev–Trinajstić information content (AvgIpc) is 2.63. The van der Waals surface area contributed by atoms with Crippen LogP contribution >= 0.6 is 0 Å². The van der Waals surface area contributed by atoms with Crippen LogP contribution in [0.4, 0.5) is 0 Å². The Morgan fingerprint density at radius 1 is 0.600 bits per heavy atom. The zero-order chi connectivity index (χ0) is 18.4. The summed E-state index contributed by atoms with van der Waals surface area (Å²) in [4.78, 5) is 0. The van der Waals surface area contributed by atoms with E-state index in [1.807, 2.05) is 0 Å². The van der Waals surface area contributed by atoms with Crippen molar-refractivity contribution in [2.45, 2.75) is 123 Å². The van der Waals surface area contributed by atoms with Crippen LogP contribution in [0.25, 0.3) is 0 Å². The summed E-state index contributed by atoms with van der Waals surface area (Å²) >= 11 is 0. The van der Waals surface area contributed by atoms with Crippen LogP contribution in [0.15, 0.2) is 0 Å². The van der Waals surface area contributed by atoms with Crippen molar-refractivity contribution >= 4 is 0 Å². The lowest BCUT2D eigenvalue weighted by Gasteiger charge is -2.16. The Balaban J connectivity index is 3.28. The second-order valence-corrected chi connectivity index (χ2v) is 7.43. The molecule has 0 aliphatic carbocycles. The number of ether oxygens (including phenoxy) is 2. The highest BCUT2D eigenvalue weighted by atomic mass is 16.5. The molecule has 2 heteroatoms. The first kappa shape index (κ1) is 24.9. The van der Waals surface area contributed by atoms with Crippen LogP contribution in [-0.2, 0) is 9.47 Å². The van der Waals surface area contributed by atoms with Crippen LogP contribution in [0.2, 0.25) is 0 Å². The topological polar surface area (TPSA) is 18.5 Å². The van der Waals surface area contributed by atoms with Crippen molar-refractivity contribution in [2.75, 3.05) is 19.8 Å². The molecule has 0 aromatic rings. The van der Waals surface area contributed by atoms with E-state index in [0.29, 0.717) is 6.10 Å². The van der Waals surface area contributed by atoms with Gasteiger partial charge in [-0.1, -0.05) is 91.4 Å². The van der Waals surface area contributed by atoms with Crippen molar-refractivity contribution in [3.05, 3.63) is 6.92 Å². The number of hydrogen-bond acceptors (Lipinski definition) is 2. The van der Waals surface area contributed by atoms with Crippen molar-refractivity contribution in [1.29, 1.82) is 0 Å². The molecule has 0 fully saturated rings. The first-order valence-electron chi connectivity index (χ1n) is 11.3. The largest absolute Gasteiger partial charge is 0.381 e. The highest BCUT2D eigenvalue weighted by Gasteiger charge is 2.06. The minimum Gasteiger partial charge on any atom is -0.381 e. The van der Waals surface area contributed by atoms with Gasteiger partial charge in [0.05, 0.1) is 6.10 Å². The van der Waals surface area contributed by atoms with Crippen molar-refractivity contribution in [3.8, 4) is 0 Å².